The molecule has 1 aliphatic rings. The van der Waals surface area contributed by atoms with Gasteiger partial charge in [-0.2, -0.15) is 0 Å². The van der Waals surface area contributed by atoms with E-state index in [-0.39, 0.29) is 11.3 Å². The van der Waals surface area contributed by atoms with Crippen molar-refractivity contribution in [2.75, 3.05) is 16.8 Å². The third kappa shape index (κ3) is 4.28. The van der Waals surface area contributed by atoms with Gasteiger partial charge in [0, 0.05) is 48.4 Å². The quantitative estimate of drug-likeness (QED) is 0.738. The van der Waals surface area contributed by atoms with Crippen LogP contribution in [0.4, 0.5) is 11.5 Å². The van der Waals surface area contributed by atoms with E-state index in [0.717, 1.165) is 6.54 Å². The fourth-order valence-corrected chi connectivity index (χ4v) is 3.71. The predicted molar refractivity (Wildman–Crippen MR) is 102 cm³/mol. The van der Waals surface area contributed by atoms with Gasteiger partial charge in [-0.3, -0.25) is 4.79 Å². The Morgan fingerprint density at radius 2 is 1.92 bits per heavy atom. The zero-order valence-electron chi connectivity index (χ0n) is 16.0. The number of hydrogen-bond acceptors (Lipinski definition) is 3. The number of aromatic nitrogens is 1. The normalized spacial score (nSPS) is 15.7. The molecule has 1 aromatic rings. The van der Waals surface area contributed by atoms with Crippen molar-refractivity contribution in [2.45, 2.75) is 84.6 Å². The maximum absolute atomic E-state index is 11.4. The molecule has 0 aliphatic carbocycles. The van der Waals surface area contributed by atoms with E-state index in [0.29, 0.717) is 11.9 Å². The summed E-state index contributed by atoms with van der Waals surface area (Å²) in [6.45, 7) is 11.7. The lowest BCUT2D eigenvalue weighted by Gasteiger charge is -2.32. The van der Waals surface area contributed by atoms with Gasteiger partial charge in [0.2, 0.25) is 5.91 Å². The van der Waals surface area contributed by atoms with Crippen molar-refractivity contribution < 1.29 is 4.79 Å². The summed E-state index contributed by atoms with van der Waals surface area (Å²) in [6.07, 6.45) is 9.44. The summed E-state index contributed by atoms with van der Waals surface area (Å²) in [5.74, 6) is 0.591. The summed E-state index contributed by atoms with van der Waals surface area (Å²) in [6, 6.07) is 2.65. The number of hydrogen-bond donors (Lipinski definition) is 1. The molecule has 1 N–H and O–H groups in total. The number of nitrogens with zero attached hydrogens (tertiary/aromatic N) is 2. The minimum absolute atomic E-state index is 0.0697. The Morgan fingerprint density at radius 1 is 1.29 bits per heavy atom. The Bertz CT molecular complexity index is 560. The van der Waals surface area contributed by atoms with Crippen LogP contribution in [0.3, 0.4) is 0 Å². The zero-order chi connectivity index (χ0) is 17.7. The number of unbranched alkanes of at least 4 members (excludes halogenated alkanes) is 2. The Hall–Kier alpha value is -1.58. The SMILES string of the molecule is CCCCC(CCCC)N1CC(C)(C)c2cnc(NC(C)=O)cc21. The highest BCUT2D eigenvalue weighted by molar-refractivity contribution is 5.88. The molecule has 0 fully saturated rings. The van der Waals surface area contributed by atoms with Crippen LogP contribution >= 0.6 is 0 Å². The molecule has 4 nitrogen and oxygen atoms in total. The fourth-order valence-electron chi connectivity index (χ4n) is 3.71. The van der Waals surface area contributed by atoms with Gasteiger partial charge in [0.15, 0.2) is 0 Å². The van der Waals surface area contributed by atoms with E-state index in [1.165, 1.54) is 56.7 Å². The topological polar surface area (TPSA) is 45.2 Å². The summed E-state index contributed by atoms with van der Waals surface area (Å²) in [5, 5.41) is 2.83. The molecule has 1 aliphatic heterocycles. The van der Waals surface area contributed by atoms with Crippen LogP contribution in [0.2, 0.25) is 0 Å². The Morgan fingerprint density at radius 3 is 2.46 bits per heavy atom. The zero-order valence-corrected chi connectivity index (χ0v) is 16.0. The van der Waals surface area contributed by atoms with Crippen molar-refractivity contribution in [1.82, 2.24) is 4.98 Å². The number of amides is 1. The van der Waals surface area contributed by atoms with E-state index in [2.05, 4.69) is 49.0 Å². The molecule has 0 saturated carbocycles. The van der Waals surface area contributed by atoms with Crippen LogP contribution < -0.4 is 10.2 Å². The van der Waals surface area contributed by atoms with E-state index < -0.39 is 0 Å². The number of rotatable bonds is 8. The molecule has 0 spiro atoms. The summed E-state index contributed by atoms with van der Waals surface area (Å²) >= 11 is 0. The van der Waals surface area contributed by atoms with Crippen molar-refractivity contribution in [3.05, 3.63) is 17.8 Å². The summed E-state index contributed by atoms with van der Waals surface area (Å²) in [4.78, 5) is 18.4. The summed E-state index contributed by atoms with van der Waals surface area (Å²) in [5.41, 5.74) is 2.67. The second-order valence-electron chi connectivity index (χ2n) is 7.72. The van der Waals surface area contributed by atoms with E-state index in [9.17, 15) is 4.79 Å². The van der Waals surface area contributed by atoms with Gasteiger partial charge in [-0.25, -0.2) is 4.98 Å². The van der Waals surface area contributed by atoms with Crippen LogP contribution in [0.25, 0.3) is 0 Å². The van der Waals surface area contributed by atoms with Gasteiger partial charge in [-0.15, -0.1) is 0 Å². The lowest BCUT2D eigenvalue weighted by Crippen LogP contribution is -2.37. The number of pyridine rings is 1. The molecule has 134 valence electrons. The van der Waals surface area contributed by atoms with Gasteiger partial charge in [0.1, 0.15) is 5.82 Å². The smallest absolute Gasteiger partial charge is 0.222 e. The van der Waals surface area contributed by atoms with Gasteiger partial charge in [-0.1, -0.05) is 53.4 Å². The lowest BCUT2D eigenvalue weighted by molar-refractivity contribution is -0.114. The number of carbonyl (C=O) groups excluding carboxylic acids is 1. The Labute approximate surface area is 147 Å². The van der Waals surface area contributed by atoms with Gasteiger partial charge < -0.3 is 10.2 Å². The Kier molecular flexibility index (Phi) is 6.25. The van der Waals surface area contributed by atoms with Crippen LogP contribution in [-0.2, 0) is 10.2 Å². The first kappa shape index (κ1) is 18.8. The van der Waals surface area contributed by atoms with Gasteiger partial charge in [-0.05, 0) is 12.8 Å². The fraction of sp³-hybridized carbons (Fsp3) is 0.700. The maximum atomic E-state index is 11.4. The van der Waals surface area contributed by atoms with Crippen molar-refractivity contribution in [1.29, 1.82) is 0 Å². The molecule has 0 radical (unpaired) electrons. The number of fused-ring (bicyclic) bond motifs is 1. The van der Waals surface area contributed by atoms with Crippen molar-refractivity contribution in [2.24, 2.45) is 0 Å². The molecule has 2 heterocycles. The first-order valence-electron chi connectivity index (χ1n) is 9.43. The molecule has 2 rings (SSSR count). The van der Waals surface area contributed by atoms with Crippen LogP contribution in [0.1, 0.15) is 78.7 Å². The molecule has 24 heavy (non-hydrogen) atoms. The molecule has 4 heteroatoms. The average molecular weight is 332 g/mol. The van der Waals surface area contributed by atoms with Gasteiger partial charge in [0.25, 0.3) is 0 Å². The number of anilines is 2. The molecular formula is C20H33N3O. The van der Waals surface area contributed by atoms with E-state index in [1.54, 1.807) is 0 Å². The third-order valence-corrected chi connectivity index (χ3v) is 5.01. The molecule has 0 unspecified atom stereocenters. The van der Waals surface area contributed by atoms with Crippen LogP contribution in [0.15, 0.2) is 12.3 Å². The first-order chi connectivity index (χ1) is 11.4. The maximum Gasteiger partial charge on any atom is 0.222 e. The largest absolute Gasteiger partial charge is 0.367 e. The molecule has 0 saturated heterocycles. The predicted octanol–water partition coefficient (Wildman–Crippen LogP) is 4.89. The first-order valence-corrected chi connectivity index (χ1v) is 9.43. The second-order valence-corrected chi connectivity index (χ2v) is 7.72. The molecule has 0 bridgehead atoms. The highest BCUT2D eigenvalue weighted by atomic mass is 16.1. The monoisotopic (exact) mass is 331 g/mol. The molecule has 0 atom stereocenters. The van der Waals surface area contributed by atoms with E-state index >= 15 is 0 Å². The standard InChI is InChI=1S/C20H33N3O/c1-6-8-10-16(11-9-7-2)23-14-20(4,5)17-13-21-19(12-18(17)23)22-15(3)24/h12-13,16H,6-11,14H2,1-5H3,(H,21,22,24). The Balaban J connectivity index is 2.32. The minimum Gasteiger partial charge on any atom is -0.367 e. The highest BCUT2D eigenvalue weighted by Gasteiger charge is 2.38. The van der Waals surface area contributed by atoms with E-state index in [1.807, 2.05) is 6.20 Å². The molecule has 1 amide bonds. The van der Waals surface area contributed by atoms with Crippen LogP contribution in [0.5, 0.6) is 0 Å². The van der Waals surface area contributed by atoms with Gasteiger partial charge >= 0.3 is 0 Å². The summed E-state index contributed by atoms with van der Waals surface area (Å²) < 4.78 is 0. The molecule has 1 aromatic heterocycles. The molecule has 0 aromatic carbocycles. The second kappa shape index (κ2) is 8.00. The highest BCUT2D eigenvalue weighted by Crippen LogP contribution is 2.43. The average Bonchev–Trinajstić information content (AvgIpc) is 2.78. The number of carbonyl (C=O) groups is 1. The number of nitrogens with one attached hydrogen (secondary N) is 1. The van der Waals surface area contributed by atoms with Gasteiger partial charge in [0.05, 0.1) is 0 Å². The van der Waals surface area contributed by atoms with Crippen molar-refractivity contribution >= 4 is 17.4 Å². The van der Waals surface area contributed by atoms with E-state index in [4.69, 9.17) is 0 Å². The third-order valence-electron chi connectivity index (χ3n) is 5.01. The van der Waals surface area contributed by atoms with Crippen LogP contribution in [-0.4, -0.2) is 23.5 Å². The lowest BCUT2D eigenvalue weighted by atomic mass is 9.88. The molecular weight excluding hydrogens is 298 g/mol. The van der Waals surface area contributed by atoms with Crippen LogP contribution in [0, 0.1) is 0 Å². The minimum atomic E-state index is -0.0697. The van der Waals surface area contributed by atoms with Crippen molar-refractivity contribution in [3.8, 4) is 0 Å². The van der Waals surface area contributed by atoms with Crippen molar-refractivity contribution in [3.63, 3.8) is 0 Å². The summed E-state index contributed by atoms with van der Waals surface area (Å²) in [7, 11) is 0.